The van der Waals surface area contributed by atoms with Crippen LogP contribution in [-0.2, 0) is 14.3 Å². The lowest BCUT2D eigenvalue weighted by Crippen LogP contribution is -1.92. The van der Waals surface area contributed by atoms with Gasteiger partial charge in [0.05, 0.1) is 6.61 Å². The molecule has 13 heavy (non-hydrogen) atoms. The van der Waals surface area contributed by atoms with E-state index in [-0.39, 0.29) is 0 Å². The Hall–Kier alpha value is -0.670. The molecule has 0 aliphatic carbocycles. The third-order valence-electron chi connectivity index (χ3n) is 1.38. The fourth-order valence-electron chi connectivity index (χ4n) is 0.550. The molecular weight excluding hydrogens is 168 g/mol. The lowest BCUT2D eigenvalue weighted by molar-refractivity contribution is -0.104. The van der Waals surface area contributed by atoms with E-state index in [9.17, 15) is 4.79 Å². The van der Waals surface area contributed by atoms with Crippen molar-refractivity contribution in [2.75, 3.05) is 27.4 Å². The maximum atomic E-state index is 9.92. The zero-order chi connectivity index (χ0) is 10.5. The van der Waals surface area contributed by atoms with Crippen LogP contribution in [0.25, 0.3) is 0 Å². The molecule has 3 nitrogen and oxygen atoms in total. The molecule has 0 N–H and O–H groups in total. The van der Waals surface area contributed by atoms with E-state index in [2.05, 4.69) is 4.74 Å². The minimum atomic E-state index is 0.565. The van der Waals surface area contributed by atoms with Crippen molar-refractivity contribution in [2.45, 2.75) is 20.3 Å². The van der Waals surface area contributed by atoms with Crippen LogP contribution in [-0.4, -0.2) is 33.7 Å². The van der Waals surface area contributed by atoms with Crippen LogP contribution in [0.1, 0.15) is 20.3 Å². The Bertz CT molecular complexity index is 128. The molecule has 0 rings (SSSR count). The number of rotatable bonds is 5. The van der Waals surface area contributed by atoms with Crippen molar-refractivity contribution >= 4 is 6.29 Å². The van der Waals surface area contributed by atoms with Crippen molar-refractivity contribution in [3.05, 3.63) is 11.6 Å². The molecule has 0 spiro atoms. The quantitative estimate of drug-likeness (QED) is 0.487. The molecule has 3 heteroatoms. The smallest absolute Gasteiger partial charge is 0.142 e. The highest BCUT2D eigenvalue weighted by atomic mass is 16.5. The van der Waals surface area contributed by atoms with E-state index in [4.69, 9.17) is 4.74 Å². The maximum absolute atomic E-state index is 9.92. The first kappa shape index (κ1) is 14.8. The minimum Gasteiger partial charge on any atom is -0.385 e. The molecule has 0 aromatic heterocycles. The second kappa shape index (κ2) is 13.9. The summed E-state index contributed by atoms with van der Waals surface area (Å²) in [5, 5.41) is 0. The highest BCUT2D eigenvalue weighted by Gasteiger charge is 1.89. The van der Waals surface area contributed by atoms with Crippen LogP contribution in [0, 0.1) is 0 Å². The van der Waals surface area contributed by atoms with Crippen LogP contribution >= 0.6 is 0 Å². The molecule has 0 saturated heterocycles. The number of carbonyl (C=O) groups excluding carboxylic acids is 1. The Morgan fingerprint density at radius 2 is 1.77 bits per heavy atom. The summed E-state index contributed by atoms with van der Waals surface area (Å²) in [4.78, 5) is 9.92. The molecule has 0 aromatic rings. The van der Waals surface area contributed by atoms with Gasteiger partial charge in [-0.15, -0.1) is 0 Å². The van der Waals surface area contributed by atoms with Crippen LogP contribution in [0.4, 0.5) is 0 Å². The lowest BCUT2D eigenvalue weighted by atomic mass is 10.2. The van der Waals surface area contributed by atoms with Gasteiger partial charge < -0.3 is 9.47 Å². The molecule has 0 bridgehead atoms. The number of methoxy groups -OCH3 is 2. The molecule has 0 unspecified atom stereocenters. The summed E-state index contributed by atoms with van der Waals surface area (Å²) >= 11 is 0. The number of hydrogen-bond acceptors (Lipinski definition) is 3. The van der Waals surface area contributed by atoms with Crippen LogP contribution < -0.4 is 0 Å². The summed E-state index contributed by atoms with van der Waals surface area (Å²) in [5.41, 5.74) is 1.03. The molecule has 0 saturated carbocycles. The SMILES string of the molecule is CC/C(=C/C=O)COC.CCOC. The average Bonchev–Trinajstić information content (AvgIpc) is 2.18. The Balaban J connectivity index is 0. The van der Waals surface area contributed by atoms with E-state index in [0.717, 1.165) is 24.9 Å². The monoisotopic (exact) mass is 188 g/mol. The van der Waals surface area contributed by atoms with Gasteiger partial charge in [-0.25, -0.2) is 0 Å². The highest BCUT2D eigenvalue weighted by Crippen LogP contribution is 1.97. The zero-order valence-corrected chi connectivity index (χ0v) is 9.00. The number of ether oxygens (including phenoxy) is 2. The van der Waals surface area contributed by atoms with Crippen LogP contribution in [0.15, 0.2) is 11.6 Å². The molecule has 78 valence electrons. The number of hydrogen-bond donors (Lipinski definition) is 0. The topological polar surface area (TPSA) is 35.5 Å². The molecular formula is C10H20O3. The van der Waals surface area contributed by atoms with Gasteiger partial charge in [0.2, 0.25) is 0 Å². The van der Waals surface area contributed by atoms with Crippen LogP contribution in [0.5, 0.6) is 0 Å². The summed E-state index contributed by atoms with van der Waals surface area (Å²) in [6.45, 7) is 5.34. The Morgan fingerprint density at radius 1 is 1.23 bits per heavy atom. The second-order valence-electron chi connectivity index (χ2n) is 2.32. The highest BCUT2D eigenvalue weighted by molar-refractivity contribution is 5.66. The van der Waals surface area contributed by atoms with E-state index in [1.807, 2.05) is 13.8 Å². The van der Waals surface area contributed by atoms with Gasteiger partial charge in [-0.05, 0) is 25.0 Å². The summed E-state index contributed by atoms with van der Waals surface area (Å²) in [6.07, 6.45) is 3.22. The predicted molar refractivity (Wildman–Crippen MR) is 53.9 cm³/mol. The fourth-order valence-corrected chi connectivity index (χ4v) is 0.550. The largest absolute Gasteiger partial charge is 0.385 e. The molecule has 0 atom stereocenters. The molecule has 0 aromatic carbocycles. The van der Waals surface area contributed by atoms with Gasteiger partial charge in [-0.1, -0.05) is 6.92 Å². The summed E-state index contributed by atoms with van der Waals surface area (Å²) in [6, 6.07) is 0. The normalized spacial score (nSPS) is 10.3. The van der Waals surface area contributed by atoms with Crippen molar-refractivity contribution in [1.82, 2.24) is 0 Å². The summed E-state index contributed by atoms with van der Waals surface area (Å²) in [5.74, 6) is 0. The Labute approximate surface area is 80.7 Å². The van der Waals surface area contributed by atoms with Gasteiger partial charge in [0.15, 0.2) is 0 Å². The van der Waals surface area contributed by atoms with E-state index >= 15 is 0 Å². The van der Waals surface area contributed by atoms with Crippen molar-refractivity contribution in [2.24, 2.45) is 0 Å². The molecule has 0 radical (unpaired) electrons. The maximum Gasteiger partial charge on any atom is 0.142 e. The molecule has 0 heterocycles. The lowest BCUT2D eigenvalue weighted by Gasteiger charge is -1.98. The number of carbonyl (C=O) groups is 1. The van der Waals surface area contributed by atoms with Gasteiger partial charge in [-0.3, -0.25) is 4.79 Å². The van der Waals surface area contributed by atoms with Crippen molar-refractivity contribution in [1.29, 1.82) is 0 Å². The number of allylic oxidation sites excluding steroid dienone is 1. The molecule has 0 fully saturated rings. The first-order chi connectivity index (χ1) is 6.26. The van der Waals surface area contributed by atoms with E-state index in [1.54, 1.807) is 20.3 Å². The van der Waals surface area contributed by atoms with Gasteiger partial charge in [0.25, 0.3) is 0 Å². The van der Waals surface area contributed by atoms with Gasteiger partial charge in [-0.2, -0.15) is 0 Å². The van der Waals surface area contributed by atoms with Gasteiger partial charge >= 0.3 is 0 Å². The minimum absolute atomic E-state index is 0.565. The van der Waals surface area contributed by atoms with Crippen molar-refractivity contribution in [3.63, 3.8) is 0 Å². The zero-order valence-electron chi connectivity index (χ0n) is 9.00. The van der Waals surface area contributed by atoms with Gasteiger partial charge in [0.1, 0.15) is 6.29 Å². The molecule has 0 amide bonds. The third-order valence-corrected chi connectivity index (χ3v) is 1.38. The van der Waals surface area contributed by atoms with Crippen molar-refractivity contribution < 1.29 is 14.3 Å². The number of aldehydes is 1. The summed E-state index contributed by atoms with van der Waals surface area (Å²) in [7, 11) is 3.30. The van der Waals surface area contributed by atoms with Crippen LogP contribution in [0.3, 0.4) is 0 Å². The van der Waals surface area contributed by atoms with E-state index < -0.39 is 0 Å². The molecule has 0 aliphatic rings. The van der Waals surface area contributed by atoms with Crippen molar-refractivity contribution in [3.8, 4) is 0 Å². The standard InChI is InChI=1S/C7H12O2.C3H8O/c1-3-7(4-5-8)6-9-2;1-3-4-2/h4-5H,3,6H2,1-2H3;3H2,1-2H3/b7-4-;. The average molecular weight is 188 g/mol. The molecule has 0 aliphatic heterocycles. The predicted octanol–water partition coefficient (Wildman–Crippen LogP) is 1.82. The first-order valence-electron chi connectivity index (χ1n) is 4.37. The van der Waals surface area contributed by atoms with E-state index in [0.29, 0.717) is 6.61 Å². The second-order valence-corrected chi connectivity index (χ2v) is 2.32. The van der Waals surface area contributed by atoms with Gasteiger partial charge in [0, 0.05) is 20.8 Å². The van der Waals surface area contributed by atoms with E-state index in [1.165, 1.54) is 0 Å². The Kier molecular flexibility index (Phi) is 15.8. The van der Waals surface area contributed by atoms with Crippen LogP contribution in [0.2, 0.25) is 0 Å². The Morgan fingerprint density at radius 3 is 2.00 bits per heavy atom. The first-order valence-corrected chi connectivity index (χ1v) is 4.37. The third kappa shape index (κ3) is 14.2. The summed E-state index contributed by atoms with van der Waals surface area (Å²) < 4.78 is 9.36. The fraction of sp³-hybridized carbons (Fsp3) is 0.700.